The highest BCUT2D eigenvalue weighted by molar-refractivity contribution is 7.80. The summed E-state index contributed by atoms with van der Waals surface area (Å²) in [6.07, 6.45) is 0.382. The van der Waals surface area contributed by atoms with E-state index >= 15 is 0 Å². The first-order valence-corrected chi connectivity index (χ1v) is 9.36. The average molecular weight is 410 g/mol. The van der Waals surface area contributed by atoms with Crippen LogP contribution in [0.4, 0.5) is 11.4 Å². The molecule has 0 spiro atoms. The second-order valence-corrected chi connectivity index (χ2v) is 6.85. The first kappa shape index (κ1) is 23.5. The van der Waals surface area contributed by atoms with Gasteiger partial charge in [0.1, 0.15) is 6.61 Å². The molecule has 1 aromatic rings. The fourth-order valence-electron chi connectivity index (χ4n) is 2.10. The number of rotatable bonds is 10. The van der Waals surface area contributed by atoms with Crippen LogP contribution in [0.2, 0.25) is 0 Å². The van der Waals surface area contributed by atoms with Gasteiger partial charge >= 0.3 is 5.97 Å². The Morgan fingerprint density at radius 3 is 2.14 bits per heavy atom. The number of methoxy groups -OCH3 is 1. The van der Waals surface area contributed by atoms with Crippen molar-refractivity contribution in [3.8, 4) is 0 Å². The van der Waals surface area contributed by atoms with Crippen molar-refractivity contribution in [3.63, 3.8) is 0 Å². The van der Waals surface area contributed by atoms with E-state index in [0.717, 1.165) is 0 Å². The van der Waals surface area contributed by atoms with Crippen molar-refractivity contribution < 1.29 is 23.9 Å². The summed E-state index contributed by atoms with van der Waals surface area (Å²) in [4.78, 5) is 35.0. The molecule has 0 saturated heterocycles. The molecule has 8 nitrogen and oxygen atoms in total. The van der Waals surface area contributed by atoms with Crippen LogP contribution in [0.3, 0.4) is 0 Å². The van der Waals surface area contributed by atoms with Crippen molar-refractivity contribution in [2.75, 3.05) is 31.0 Å². The number of carbonyl (C=O) groups excluding carboxylic acids is 3. The number of anilines is 2. The van der Waals surface area contributed by atoms with Crippen LogP contribution in [-0.4, -0.2) is 43.2 Å². The van der Waals surface area contributed by atoms with E-state index in [1.807, 2.05) is 13.8 Å². The Morgan fingerprint density at radius 2 is 1.57 bits per heavy atom. The molecule has 0 unspecified atom stereocenters. The van der Waals surface area contributed by atoms with E-state index in [1.165, 1.54) is 7.11 Å². The SMILES string of the molecule is COCCOC(=O)CCC(=O)NC(=S)Nc1ccc(NC(=O)CC(C)C)cc1. The number of amides is 2. The van der Waals surface area contributed by atoms with Crippen LogP contribution in [0.25, 0.3) is 0 Å². The molecular weight excluding hydrogens is 382 g/mol. The Labute approximate surface area is 170 Å². The van der Waals surface area contributed by atoms with Crippen molar-refractivity contribution in [3.05, 3.63) is 24.3 Å². The largest absolute Gasteiger partial charge is 0.463 e. The minimum Gasteiger partial charge on any atom is -0.463 e. The Kier molecular flexibility index (Phi) is 10.7. The van der Waals surface area contributed by atoms with Gasteiger partial charge in [0.15, 0.2) is 5.11 Å². The van der Waals surface area contributed by atoms with E-state index in [4.69, 9.17) is 21.7 Å². The lowest BCUT2D eigenvalue weighted by Gasteiger charge is -2.11. The minimum atomic E-state index is -0.471. The molecule has 0 atom stereocenters. The summed E-state index contributed by atoms with van der Waals surface area (Å²) in [6, 6.07) is 6.94. The number of benzene rings is 1. The van der Waals surface area contributed by atoms with Crippen molar-refractivity contribution >= 4 is 46.5 Å². The van der Waals surface area contributed by atoms with Crippen LogP contribution >= 0.6 is 12.2 Å². The van der Waals surface area contributed by atoms with Crippen LogP contribution in [0.15, 0.2) is 24.3 Å². The first-order chi connectivity index (χ1) is 13.3. The molecule has 154 valence electrons. The second-order valence-electron chi connectivity index (χ2n) is 6.44. The summed E-state index contributed by atoms with van der Waals surface area (Å²) in [6.45, 7) is 4.43. The fraction of sp³-hybridized carbons (Fsp3) is 0.474. The number of hydrogen-bond acceptors (Lipinski definition) is 6. The van der Waals surface area contributed by atoms with E-state index in [1.54, 1.807) is 24.3 Å². The van der Waals surface area contributed by atoms with Gasteiger partial charge in [-0.25, -0.2) is 0 Å². The number of esters is 1. The van der Waals surface area contributed by atoms with E-state index < -0.39 is 11.9 Å². The highest BCUT2D eigenvalue weighted by Crippen LogP contribution is 2.14. The van der Waals surface area contributed by atoms with Gasteiger partial charge in [-0.05, 0) is 42.4 Å². The number of carbonyl (C=O) groups is 3. The fourth-order valence-corrected chi connectivity index (χ4v) is 2.33. The van der Waals surface area contributed by atoms with Crippen LogP contribution in [0.1, 0.15) is 33.1 Å². The van der Waals surface area contributed by atoms with Gasteiger partial charge in [0.05, 0.1) is 13.0 Å². The lowest BCUT2D eigenvalue weighted by atomic mass is 10.1. The highest BCUT2D eigenvalue weighted by atomic mass is 32.1. The molecule has 0 aliphatic rings. The molecule has 0 aliphatic heterocycles. The Morgan fingerprint density at radius 1 is 0.964 bits per heavy atom. The molecule has 0 aromatic heterocycles. The molecule has 3 N–H and O–H groups in total. The summed E-state index contributed by atoms with van der Waals surface area (Å²) in [7, 11) is 1.51. The highest BCUT2D eigenvalue weighted by Gasteiger charge is 2.10. The topological polar surface area (TPSA) is 106 Å². The van der Waals surface area contributed by atoms with Crippen LogP contribution in [0, 0.1) is 5.92 Å². The van der Waals surface area contributed by atoms with Gasteiger partial charge < -0.3 is 25.4 Å². The van der Waals surface area contributed by atoms with Gasteiger partial charge in [-0.3, -0.25) is 14.4 Å². The summed E-state index contributed by atoms with van der Waals surface area (Å²) in [5, 5.41) is 8.30. The summed E-state index contributed by atoms with van der Waals surface area (Å²) in [5.41, 5.74) is 1.34. The van der Waals surface area contributed by atoms with Crippen molar-refractivity contribution in [2.24, 2.45) is 5.92 Å². The first-order valence-electron chi connectivity index (χ1n) is 8.95. The Hall–Kier alpha value is -2.52. The zero-order valence-electron chi connectivity index (χ0n) is 16.4. The molecule has 0 saturated carbocycles. The maximum atomic E-state index is 11.8. The Bertz CT molecular complexity index is 677. The lowest BCUT2D eigenvalue weighted by molar-refractivity contribution is -0.146. The summed E-state index contributed by atoms with van der Waals surface area (Å²) in [5.74, 6) is -0.617. The molecule has 0 fully saturated rings. The van der Waals surface area contributed by atoms with E-state index in [-0.39, 0.29) is 36.4 Å². The third-order valence-electron chi connectivity index (χ3n) is 3.38. The van der Waals surface area contributed by atoms with Crippen LogP contribution < -0.4 is 16.0 Å². The molecule has 0 heterocycles. The maximum absolute atomic E-state index is 11.8. The van der Waals surface area contributed by atoms with E-state index in [2.05, 4.69) is 16.0 Å². The maximum Gasteiger partial charge on any atom is 0.306 e. The molecule has 0 aliphatic carbocycles. The molecular formula is C19H27N3O5S. The van der Waals surface area contributed by atoms with Crippen molar-refractivity contribution in [2.45, 2.75) is 33.1 Å². The number of ether oxygens (including phenoxy) is 2. The number of nitrogens with one attached hydrogen (secondary N) is 3. The standard InChI is InChI=1S/C19H27N3O5S/c1-13(2)12-17(24)20-14-4-6-15(7-5-14)21-19(28)22-16(23)8-9-18(25)27-11-10-26-3/h4-7,13H,8-12H2,1-3H3,(H,20,24)(H2,21,22,23,28). The number of thiocarbonyl (C=S) groups is 1. The third-order valence-corrected chi connectivity index (χ3v) is 3.58. The van der Waals surface area contributed by atoms with E-state index in [9.17, 15) is 14.4 Å². The average Bonchev–Trinajstić information content (AvgIpc) is 2.61. The minimum absolute atomic E-state index is 0.0333. The van der Waals surface area contributed by atoms with Gasteiger partial charge in [0, 0.05) is 31.3 Å². The van der Waals surface area contributed by atoms with Crippen molar-refractivity contribution in [1.82, 2.24) is 5.32 Å². The molecule has 9 heteroatoms. The molecule has 0 radical (unpaired) electrons. The molecule has 1 rings (SSSR count). The molecule has 1 aromatic carbocycles. The summed E-state index contributed by atoms with van der Waals surface area (Å²) < 4.78 is 9.64. The van der Waals surface area contributed by atoms with Gasteiger partial charge in [0.2, 0.25) is 11.8 Å². The zero-order chi connectivity index (χ0) is 20.9. The van der Waals surface area contributed by atoms with E-state index in [0.29, 0.717) is 24.4 Å². The smallest absolute Gasteiger partial charge is 0.306 e. The van der Waals surface area contributed by atoms with Gasteiger partial charge in [-0.2, -0.15) is 0 Å². The molecule has 2 amide bonds. The van der Waals surface area contributed by atoms with Gasteiger partial charge in [0.25, 0.3) is 0 Å². The van der Waals surface area contributed by atoms with Crippen LogP contribution in [0.5, 0.6) is 0 Å². The quantitative estimate of drug-likeness (QED) is 0.310. The number of hydrogen-bond donors (Lipinski definition) is 3. The Balaban J connectivity index is 2.35. The normalized spacial score (nSPS) is 10.3. The monoisotopic (exact) mass is 409 g/mol. The van der Waals surface area contributed by atoms with Gasteiger partial charge in [-0.1, -0.05) is 13.8 Å². The molecule has 0 bridgehead atoms. The lowest BCUT2D eigenvalue weighted by Crippen LogP contribution is -2.34. The summed E-state index contributed by atoms with van der Waals surface area (Å²) >= 11 is 5.08. The van der Waals surface area contributed by atoms with Crippen LogP contribution in [-0.2, 0) is 23.9 Å². The van der Waals surface area contributed by atoms with Gasteiger partial charge in [-0.15, -0.1) is 0 Å². The molecule has 28 heavy (non-hydrogen) atoms. The second kappa shape index (κ2) is 12.8. The predicted octanol–water partition coefficient (Wildman–Crippen LogP) is 2.45. The third kappa shape index (κ3) is 10.6. The zero-order valence-corrected chi connectivity index (χ0v) is 17.2. The predicted molar refractivity (Wildman–Crippen MR) is 111 cm³/mol. The van der Waals surface area contributed by atoms with Crippen molar-refractivity contribution in [1.29, 1.82) is 0 Å².